The molecule has 6 heteroatoms. The van der Waals surface area contributed by atoms with Crippen molar-refractivity contribution in [3.63, 3.8) is 0 Å². The Bertz CT molecular complexity index is 697. The molecule has 1 aliphatic heterocycles. The first-order valence-electron chi connectivity index (χ1n) is 8.48. The minimum atomic E-state index is -0.163. The molecule has 1 aliphatic rings. The standard InChI is InChI=1S/C19H23N3O3/c1-24-17-7-3-2-5-14(17)11-22-19(23)15-8-9-18(20-12-15)21-13-16-6-4-10-25-16/h2-3,5,7-9,12,16H,4,6,10-11,13H2,1H3,(H,20,21)(H,22,23). The van der Waals surface area contributed by atoms with Gasteiger partial charge in [-0.25, -0.2) is 4.98 Å². The maximum Gasteiger partial charge on any atom is 0.253 e. The monoisotopic (exact) mass is 341 g/mol. The number of carbonyl (C=O) groups is 1. The largest absolute Gasteiger partial charge is 0.496 e. The molecule has 1 saturated heterocycles. The zero-order valence-corrected chi connectivity index (χ0v) is 14.3. The summed E-state index contributed by atoms with van der Waals surface area (Å²) >= 11 is 0. The van der Waals surface area contributed by atoms with Gasteiger partial charge in [-0.05, 0) is 31.0 Å². The molecule has 1 unspecified atom stereocenters. The van der Waals surface area contributed by atoms with Crippen LogP contribution in [0.25, 0.3) is 0 Å². The molecule has 2 heterocycles. The van der Waals surface area contributed by atoms with Crippen LogP contribution in [-0.2, 0) is 11.3 Å². The first-order chi connectivity index (χ1) is 12.3. The Kier molecular flexibility index (Phi) is 5.85. The first-order valence-corrected chi connectivity index (χ1v) is 8.48. The molecule has 0 spiro atoms. The van der Waals surface area contributed by atoms with Crippen LogP contribution in [0.4, 0.5) is 5.82 Å². The summed E-state index contributed by atoms with van der Waals surface area (Å²) in [5.74, 6) is 1.34. The third kappa shape index (κ3) is 4.70. The van der Waals surface area contributed by atoms with Gasteiger partial charge in [0.1, 0.15) is 11.6 Å². The van der Waals surface area contributed by atoms with Gasteiger partial charge in [-0.15, -0.1) is 0 Å². The van der Waals surface area contributed by atoms with Gasteiger partial charge in [0.05, 0.1) is 18.8 Å². The summed E-state index contributed by atoms with van der Waals surface area (Å²) in [7, 11) is 1.62. The van der Waals surface area contributed by atoms with E-state index in [-0.39, 0.29) is 12.0 Å². The van der Waals surface area contributed by atoms with E-state index in [1.165, 1.54) is 0 Å². The fraction of sp³-hybridized carbons (Fsp3) is 0.368. The zero-order chi connectivity index (χ0) is 17.5. The molecule has 3 rings (SSSR count). The number of anilines is 1. The second kappa shape index (κ2) is 8.48. The number of benzene rings is 1. The number of para-hydroxylation sites is 1. The van der Waals surface area contributed by atoms with Crippen molar-refractivity contribution in [2.24, 2.45) is 0 Å². The van der Waals surface area contributed by atoms with E-state index in [1.54, 1.807) is 19.4 Å². The van der Waals surface area contributed by atoms with Crippen LogP contribution in [0, 0.1) is 0 Å². The Labute approximate surface area is 147 Å². The number of nitrogens with zero attached hydrogens (tertiary/aromatic N) is 1. The maximum absolute atomic E-state index is 12.3. The fourth-order valence-electron chi connectivity index (χ4n) is 2.78. The molecule has 25 heavy (non-hydrogen) atoms. The highest BCUT2D eigenvalue weighted by atomic mass is 16.5. The molecule has 6 nitrogen and oxygen atoms in total. The first kappa shape index (κ1) is 17.2. The minimum Gasteiger partial charge on any atom is -0.496 e. The molecular formula is C19H23N3O3. The fourth-order valence-corrected chi connectivity index (χ4v) is 2.78. The van der Waals surface area contributed by atoms with Gasteiger partial charge < -0.3 is 20.1 Å². The highest BCUT2D eigenvalue weighted by Crippen LogP contribution is 2.17. The number of hydrogen-bond donors (Lipinski definition) is 2. The number of ether oxygens (including phenoxy) is 2. The quantitative estimate of drug-likeness (QED) is 0.810. The van der Waals surface area contributed by atoms with Gasteiger partial charge in [0.2, 0.25) is 0 Å². The highest BCUT2D eigenvalue weighted by molar-refractivity contribution is 5.94. The van der Waals surface area contributed by atoms with E-state index >= 15 is 0 Å². The Morgan fingerprint density at radius 1 is 1.32 bits per heavy atom. The Hall–Kier alpha value is -2.60. The third-order valence-corrected chi connectivity index (χ3v) is 4.19. The lowest BCUT2D eigenvalue weighted by molar-refractivity contribution is 0.0950. The number of nitrogens with one attached hydrogen (secondary N) is 2. The van der Waals surface area contributed by atoms with Crippen LogP contribution in [0.3, 0.4) is 0 Å². The number of rotatable bonds is 7. The number of aromatic nitrogens is 1. The lowest BCUT2D eigenvalue weighted by atomic mass is 10.2. The van der Waals surface area contributed by atoms with Crippen LogP contribution in [0.15, 0.2) is 42.6 Å². The summed E-state index contributed by atoms with van der Waals surface area (Å²) in [4.78, 5) is 16.6. The van der Waals surface area contributed by atoms with E-state index < -0.39 is 0 Å². The average Bonchev–Trinajstić information content (AvgIpc) is 3.18. The number of amides is 1. The third-order valence-electron chi connectivity index (χ3n) is 4.19. The van der Waals surface area contributed by atoms with Gasteiger partial charge in [0.25, 0.3) is 5.91 Å². The molecule has 1 atom stereocenters. The molecule has 0 aliphatic carbocycles. The van der Waals surface area contributed by atoms with Crippen molar-refractivity contribution in [1.82, 2.24) is 10.3 Å². The Balaban J connectivity index is 1.51. The Morgan fingerprint density at radius 2 is 2.20 bits per heavy atom. The molecule has 1 aromatic carbocycles. The van der Waals surface area contributed by atoms with Crippen LogP contribution < -0.4 is 15.4 Å². The van der Waals surface area contributed by atoms with Crippen molar-refractivity contribution in [2.45, 2.75) is 25.5 Å². The number of methoxy groups -OCH3 is 1. The Morgan fingerprint density at radius 3 is 2.92 bits per heavy atom. The molecule has 1 aromatic heterocycles. The summed E-state index contributed by atoms with van der Waals surface area (Å²) < 4.78 is 10.9. The van der Waals surface area contributed by atoms with Crippen LogP contribution in [0.5, 0.6) is 5.75 Å². The molecule has 1 fully saturated rings. The summed E-state index contributed by atoms with van der Waals surface area (Å²) in [5.41, 5.74) is 1.46. The predicted molar refractivity (Wildman–Crippen MR) is 95.9 cm³/mol. The summed E-state index contributed by atoms with van der Waals surface area (Å²) in [5, 5.41) is 6.13. The molecule has 0 radical (unpaired) electrons. The SMILES string of the molecule is COc1ccccc1CNC(=O)c1ccc(NCC2CCCO2)nc1. The van der Waals surface area contributed by atoms with E-state index in [0.717, 1.165) is 43.1 Å². The number of hydrogen-bond acceptors (Lipinski definition) is 5. The second-order valence-corrected chi connectivity index (χ2v) is 5.94. The van der Waals surface area contributed by atoms with Crippen LogP contribution in [-0.4, -0.2) is 37.3 Å². The minimum absolute atomic E-state index is 0.163. The summed E-state index contributed by atoms with van der Waals surface area (Å²) in [6.07, 6.45) is 4.03. The zero-order valence-electron chi connectivity index (χ0n) is 14.3. The van der Waals surface area contributed by atoms with Gasteiger partial charge in [0, 0.05) is 31.5 Å². The van der Waals surface area contributed by atoms with Gasteiger partial charge in [-0.3, -0.25) is 4.79 Å². The van der Waals surface area contributed by atoms with Crippen LogP contribution in [0.2, 0.25) is 0 Å². The molecule has 1 amide bonds. The van der Waals surface area contributed by atoms with Crippen molar-refractivity contribution in [3.8, 4) is 5.75 Å². The lowest BCUT2D eigenvalue weighted by Gasteiger charge is -2.12. The molecule has 132 valence electrons. The van der Waals surface area contributed by atoms with Crippen molar-refractivity contribution in [1.29, 1.82) is 0 Å². The van der Waals surface area contributed by atoms with Gasteiger partial charge in [-0.1, -0.05) is 18.2 Å². The topological polar surface area (TPSA) is 72.5 Å². The maximum atomic E-state index is 12.3. The normalized spacial score (nSPS) is 16.4. The van der Waals surface area contributed by atoms with E-state index in [9.17, 15) is 4.79 Å². The van der Waals surface area contributed by atoms with E-state index in [0.29, 0.717) is 12.1 Å². The van der Waals surface area contributed by atoms with Crippen molar-refractivity contribution in [3.05, 3.63) is 53.7 Å². The molecular weight excluding hydrogens is 318 g/mol. The highest BCUT2D eigenvalue weighted by Gasteiger charge is 2.15. The molecule has 2 aromatic rings. The molecule has 0 saturated carbocycles. The second-order valence-electron chi connectivity index (χ2n) is 5.94. The number of pyridine rings is 1. The summed E-state index contributed by atoms with van der Waals surface area (Å²) in [6.45, 7) is 1.99. The van der Waals surface area contributed by atoms with Crippen molar-refractivity contribution >= 4 is 11.7 Å². The van der Waals surface area contributed by atoms with E-state index in [1.807, 2.05) is 30.3 Å². The van der Waals surface area contributed by atoms with Crippen molar-refractivity contribution in [2.75, 3.05) is 25.6 Å². The molecule has 2 N–H and O–H groups in total. The van der Waals surface area contributed by atoms with E-state index in [4.69, 9.17) is 9.47 Å². The van der Waals surface area contributed by atoms with Gasteiger partial charge in [-0.2, -0.15) is 0 Å². The van der Waals surface area contributed by atoms with E-state index in [2.05, 4.69) is 15.6 Å². The summed E-state index contributed by atoms with van der Waals surface area (Å²) in [6, 6.07) is 11.2. The van der Waals surface area contributed by atoms with Gasteiger partial charge >= 0.3 is 0 Å². The van der Waals surface area contributed by atoms with Crippen LogP contribution >= 0.6 is 0 Å². The smallest absolute Gasteiger partial charge is 0.253 e. The average molecular weight is 341 g/mol. The molecule has 0 bridgehead atoms. The van der Waals surface area contributed by atoms with Gasteiger partial charge in [0.15, 0.2) is 0 Å². The number of carbonyl (C=O) groups excluding carboxylic acids is 1. The predicted octanol–water partition coefficient (Wildman–Crippen LogP) is 2.61. The lowest BCUT2D eigenvalue weighted by Crippen LogP contribution is -2.23. The van der Waals surface area contributed by atoms with Crippen molar-refractivity contribution < 1.29 is 14.3 Å². The van der Waals surface area contributed by atoms with Crippen LogP contribution in [0.1, 0.15) is 28.8 Å².